The molecule has 64 valence electrons. The summed E-state index contributed by atoms with van der Waals surface area (Å²) in [6, 6.07) is 2.06. The summed E-state index contributed by atoms with van der Waals surface area (Å²) in [6.07, 6.45) is 2.86. The Morgan fingerprint density at radius 2 is 2.42 bits per heavy atom. The summed E-state index contributed by atoms with van der Waals surface area (Å²) in [7, 11) is 0. The van der Waals surface area contributed by atoms with Crippen LogP contribution in [-0.2, 0) is 13.0 Å². The molecule has 0 radical (unpaired) electrons. The molecule has 0 saturated carbocycles. The third-order valence-electron chi connectivity index (χ3n) is 2.07. The molecule has 0 aliphatic carbocycles. The van der Waals surface area contributed by atoms with Gasteiger partial charge < -0.3 is 0 Å². The van der Waals surface area contributed by atoms with Crippen molar-refractivity contribution < 1.29 is 0 Å². The van der Waals surface area contributed by atoms with E-state index in [0.717, 1.165) is 24.1 Å². The lowest BCUT2D eigenvalue weighted by Gasteiger charge is -2.23. The van der Waals surface area contributed by atoms with Crippen molar-refractivity contribution in [3.05, 3.63) is 28.0 Å². The summed E-state index contributed by atoms with van der Waals surface area (Å²) in [4.78, 5) is 4.19. The lowest BCUT2D eigenvalue weighted by molar-refractivity contribution is 0.448. The third kappa shape index (κ3) is 1.51. The van der Waals surface area contributed by atoms with Crippen LogP contribution >= 0.6 is 28.7 Å². The van der Waals surface area contributed by atoms with E-state index in [1.807, 2.05) is 10.5 Å². The fourth-order valence-electron chi connectivity index (χ4n) is 1.43. The van der Waals surface area contributed by atoms with Gasteiger partial charge in [-0.15, -0.1) is 0 Å². The topological polar surface area (TPSA) is 16.1 Å². The summed E-state index contributed by atoms with van der Waals surface area (Å²) in [5.41, 5.74) is 2.67. The van der Waals surface area contributed by atoms with E-state index in [2.05, 4.69) is 39.8 Å². The van der Waals surface area contributed by atoms with Crippen molar-refractivity contribution >= 4 is 28.7 Å². The maximum atomic E-state index is 4.32. The molecule has 0 aromatic carbocycles. The second-order valence-corrected chi connectivity index (χ2v) is 4.19. The van der Waals surface area contributed by atoms with Gasteiger partial charge in [-0.2, -0.15) is 0 Å². The Morgan fingerprint density at radius 1 is 1.58 bits per heavy atom. The zero-order valence-corrected chi connectivity index (χ0v) is 8.98. The highest BCUT2D eigenvalue weighted by atomic mass is 79.9. The number of nitrogens with zero attached hydrogens (tertiary/aromatic N) is 2. The van der Waals surface area contributed by atoms with Crippen LogP contribution in [0.25, 0.3) is 0 Å². The molecule has 1 aromatic rings. The number of halogens is 1. The molecule has 4 heteroatoms. The standard InChI is InChI=1S/C8H9BrN2S/c9-8-7-2-4-11(12)5-6(7)1-3-10-8/h1,3,12H,2,4-5H2. The second-order valence-electron chi connectivity index (χ2n) is 2.88. The molecule has 0 saturated heterocycles. The SMILES string of the molecule is SN1CCc2c(ccnc2Br)C1. The number of hydrogen-bond donors (Lipinski definition) is 1. The van der Waals surface area contributed by atoms with Crippen molar-refractivity contribution in [1.82, 2.24) is 9.29 Å². The van der Waals surface area contributed by atoms with Gasteiger partial charge in [-0.3, -0.25) is 0 Å². The fraction of sp³-hybridized carbons (Fsp3) is 0.375. The summed E-state index contributed by atoms with van der Waals surface area (Å²) in [5, 5.41) is 0. The van der Waals surface area contributed by atoms with Crippen LogP contribution in [0, 0.1) is 0 Å². The van der Waals surface area contributed by atoms with Gasteiger partial charge in [0.05, 0.1) is 0 Å². The zero-order chi connectivity index (χ0) is 8.55. The maximum absolute atomic E-state index is 4.32. The molecular weight excluding hydrogens is 236 g/mol. The monoisotopic (exact) mass is 244 g/mol. The number of hydrogen-bond acceptors (Lipinski definition) is 3. The first-order chi connectivity index (χ1) is 5.77. The van der Waals surface area contributed by atoms with Gasteiger partial charge >= 0.3 is 0 Å². The molecule has 0 atom stereocenters. The van der Waals surface area contributed by atoms with E-state index < -0.39 is 0 Å². The quantitative estimate of drug-likeness (QED) is 0.556. The maximum Gasteiger partial charge on any atom is 0.109 e. The molecule has 0 fully saturated rings. The van der Waals surface area contributed by atoms with Crippen molar-refractivity contribution in [3.8, 4) is 0 Å². The molecule has 0 bridgehead atoms. The summed E-state index contributed by atoms with van der Waals surface area (Å²) < 4.78 is 3.01. The molecule has 1 aromatic heterocycles. The molecule has 0 spiro atoms. The van der Waals surface area contributed by atoms with Gasteiger partial charge in [-0.1, -0.05) is 12.8 Å². The number of fused-ring (bicyclic) bond motifs is 1. The Kier molecular flexibility index (Phi) is 2.39. The first kappa shape index (κ1) is 8.53. The molecule has 2 heterocycles. The van der Waals surface area contributed by atoms with Crippen LogP contribution in [0.4, 0.5) is 0 Å². The van der Waals surface area contributed by atoms with E-state index >= 15 is 0 Å². The van der Waals surface area contributed by atoms with Crippen LogP contribution in [0.15, 0.2) is 16.9 Å². The summed E-state index contributed by atoms with van der Waals surface area (Å²) in [6.45, 7) is 1.92. The highest BCUT2D eigenvalue weighted by molar-refractivity contribution is 9.10. The molecule has 2 rings (SSSR count). The average molecular weight is 245 g/mol. The van der Waals surface area contributed by atoms with E-state index in [1.54, 1.807) is 0 Å². The van der Waals surface area contributed by atoms with Gasteiger partial charge in [-0.25, -0.2) is 9.29 Å². The number of aromatic nitrogens is 1. The Morgan fingerprint density at radius 3 is 3.25 bits per heavy atom. The van der Waals surface area contributed by atoms with Crippen molar-refractivity contribution in [3.63, 3.8) is 0 Å². The van der Waals surface area contributed by atoms with Crippen LogP contribution in [-0.4, -0.2) is 15.8 Å². The van der Waals surface area contributed by atoms with E-state index in [9.17, 15) is 0 Å². The van der Waals surface area contributed by atoms with Gasteiger partial charge in [0, 0.05) is 19.3 Å². The molecule has 0 unspecified atom stereocenters. The molecule has 0 amide bonds. The largest absolute Gasteiger partial charge is 0.249 e. The number of rotatable bonds is 0. The van der Waals surface area contributed by atoms with Crippen molar-refractivity contribution in [1.29, 1.82) is 0 Å². The van der Waals surface area contributed by atoms with Crippen LogP contribution < -0.4 is 0 Å². The fourth-order valence-corrected chi connectivity index (χ4v) is 2.26. The summed E-state index contributed by atoms with van der Waals surface area (Å²) in [5.74, 6) is 0. The first-order valence-corrected chi connectivity index (χ1v) is 5.03. The van der Waals surface area contributed by atoms with Crippen molar-refractivity contribution in [2.45, 2.75) is 13.0 Å². The van der Waals surface area contributed by atoms with Crippen LogP contribution in [0.3, 0.4) is 0 Å². The van der Waals surface area contributed by atoms with Gasteiger partial charge in [0.15, 0.2) is 0 Å². The van der Waals surface area contributed by atoms with E-state index in [1.165, 1.54) is 11.1 Å². The normalized spacial score (nSPS) is 17.5. The highest BCUT2D eigenvalue weighted by Gasteiger charge is 2.15. The zero-order valence-electron chi connectivity index (χ0n) is 6.50. The number of pyridine rings is 1. The predicted octanol–water partition coefficient (Wildman–Crippen LogP) is 2.05. The van der Waals surface area contributed by atoms with Crippen LogP contribution in [0.5, 0.6) is 0 Å². The van der Waals surface area contributed by atoms with Gasteiger partial charge in [0.25, 0.3) is 0 Å². The minimum absolute atomic E-state index is 0.916. The third-order valence-corrected chi connectivity index (χ3v) is 3.10. The molecule has 0 N–H and O–H groups in total. The molecule has 1 aliphatic rings. The number of thiol groups is 1. The molecule has 1 aliphatic heterocycles. The van der Waals surface area contributed by atoms with Gasteiger partial charge in [0.1, 0.15) is 4.60 Å². The summed E-state index contributed by atoms with van der Waals surface area (Å²) >= 11 is 7.77. The second kappa shape index (κ2) is 3.36. The van der Waals surface area contributed by atoms with Crippen LogP contribution in [0.1, 0.15) is 11.1 Å². The molecular formula is C8H9BrN2S. The van der Waals surface area contributed by atoms with Gasteiger partial charge in [-0.05, 0) is 39.5 Å². The van der Waals surface area contributed by atoms with E-state index in [0.29, 0.717) is 0 Å². The Balaban J connectivity index is 2.42. The highest BCUT2D eigenvalue weighted by Crippen LogP contribution is 2.24. The molecule has 2 nitrogen and oxygen atoms in total. The smallest absolute Gasteiger partial charge is 0.109 e. The van der Waals surface area contributed by atoms with E-state index in [-0.39, 0.29) is 0 Å². The van der Waals surface area contributed by atoms with Gasteiger partial charge in [0.2, 0.25) is 0 Å². The van der Waals surface area contributed by atoms with Crippen molar-refractivity contribution in [2.75, 3.05) is 6.54 Å². The van der Waals surface area contributed by atoms with E-state index in [4.69, 9.17) is 0 Å². The minimum Gasteiger partial charge on any atom is -0.249 e. The Bertz CT molecular complexity index is 303. The minimum atomic E-state index is 0.916. The predicted molar refractivity (Wildman–Crippen MR) is 55.0 cm³/mol. The lowest BCUT2D eigenvalue weighted by Crippen LogP contribution is -2.22. The van der Waals surface area contributed by atoms with Crippen LogP contribution in [0.2, 0.25) is 0 Å². The Labute approximate surface area is 85.7 Å². The first-order valence-electron chi connectivity index (χ1n) is 3.83. The lowest BCUT2D eigenvalue weighted by atomic mass is 10.0. The Hall–Kier alpha value is -0.0600. The van der Waals surface area contributed by atoms with Crippen molar-refractivity contribution in [2.24, 2.45) is 0 Å². The average Bonchev–Trinajstić information content (AvgIpc) is 2.04. The molecule has 12 heavy (non-hydrogen) atoms.